The molecule has 5 heteroatoms. The van der Waals surface area contributed by atoms with Crippen LogP contribution in [0.25, 0.3) is 0 Å². The lowest BCUT2D eigenvalue weighted by Crippen LogP contribution is -2.30. The molecule has 122 valence electrons. The molecule has 0 N–H and O–H groups in total. The summed E-state index contributed by atoms with van der Waals surface area (Å²) in [4.78, 5) is 2.37. The first-order chi connectivity index (χ1) is 11.2. The molecule has 1 aromatic heterocycles. The normalized spacial score (nSPS) is 18.4. The van der Waals surface area contributed by atoms with Gasteiger partial charge in [0.05, 0.1) is 18.9 Å². The maximum absolute atomic E-state index is 13.1. The van der Waals surface area contributed by atoms with Crippen LogP contribution in [0.3, 0.4) is 0 Å². The van der Waals surface area contributed by atoms with Crippen LogP contribution in [0.2, 0.25) is 0 Å². The first-order valence-corrected chi connectivity index (χ1v) is 7.90. The molecule has 3 rings (SSSR count). The van der Waals surface area contributed by atoms with E-state index in [-0.39, 0.29) is 5.82 Å². The molecule has 2 aromatic rings. The minimum atomic E-state index is -0.196. The fourth-order valence-electron chi connectivity index (χ4n) is 3.01. The second-order valence-electron chi connectivity index (χ2n) is 5.99. The molecule has 0 radical (unpaired) electrons. The molecule has 0 bridgehead atoms. The van der Waals surface area contributed by atoms with Crippen LogP contribution >= 0.6 is 0 Å². The van der Waals surface area contributed by atoms with E-state index < -0.39 is 0 Å². The molecule has 0 saturated carbocycles. The molecule has 2 heterocycles. The van der Waals surface area contributed by atoms with Gasteiger partial charge in [-0.1, -0.05) is 18.2 Å². The first-order valence-electron chi connectivity index (χ1n) is 7.90. The van der Waals surface area contributed by atoms with Gasteiger partial charge in [0, 0.05) is 38.3 Å². The molecule has 1 atom stereocenters. The van der Waals surface area contributed by atoms with Crippen LogP contribution in [0.4, 0.5) is 4.39 Å². The molecule has 0 fully saturated rings. The fourth-order valence-corrected chi connectivity index (χ4v) is 3.01. The third-order valence-electron chi connectivity index (χ3n) is 4.05. The summed E-state index contributed by atoms with van der Waals surface area (Å²) >= 11 is 0. The van der Waals surface area contributed by atoms with Crippen LogP contribution in [0.1, 0.15) is 11.3 Å². The minimum absolute atomic E-state index is 0.196. The van der Waals surface area contributed by atoms with E-state index in [0.29, 0.717) is 19.1 Å². The van der Waals surface area contributed by atoms with Crippen LogP contribution in [0.5, 0.6) is 0 Å². The van der Waals surface area contributed by atoms with E-state index in [1.807, 2.05) is 18.3 Å². The predicted molar refractivity (Wildman–Crippen MR) is 87.2 cm³/mol. The monoisotopic (exact) mass is 315 g/mol. The van der Waals surface area contributed by atoms with Gasteiger partial charge in [-0.15, -0.1) is 6.58 Å². The Morgan fingerprint density at radius 3 is 2.87 bits per heavy atom. The second-order valence-corrected chi connectivity index (χ2v) is 5.99. The highest BCUT2D eigenvalue weighted by atomic mass is 19.1. The summed E-state index contributed by atoms with van der Waals surface area (Å²) in [5.74, 6) is 0.176. The summed E-state index contributed by atoms with van der Waals surface area (Å²) in [7, 11) is 0. The van der Waals surface area contributed by atoms with E-state index in [1.165, 1.54) is 17.8 Å². The van der Waals surface area contributed by atoms with Gasteiger partial charge < -0.3 is 4.74 Å². The number of ether oxygens (including phenoxy) is 1. The van der Waals surface area contributed by atoms with Crippen molar-refractivity contribution in [3.05, 3.63) is 66.3 Å². The predicted octanol–water partition coefficient (Wildman–Crippen LogP) is 2.86. The maximum Gasteiger partial charge on any atom is 0.123 e. The van der Waals surface area contributed by atoms with Crippen molar-refractivity contribution < 1.29 is 9.13 Å². The van der Waals surface area contributed by atoms with Crippen molar-refractivity contribution in [2.45, 2.75) is 19.6 Å². The number of hydrogen-bond donors (Lipinski definition) is 0. The highest BCUT2D eigenvalue weighted by Gasteiger charge is 2.22. The van der Waals surface area contributed by atoms with Crippen LogP contribution in [-0.2, 0) is 24.4 Å². The van der Waals surface area contributed by atoms with Crippen molar-refractivity contribution in [1.82, 2.24) is 14.7 Å². The highest BCUT2D eigenvalue weighted by molar-refractivity contribution is 5.16. The van der Waals surface area contributed by atoms with Gasteiger partial charge in [0.25, 0.3) is 0 Å². The van der Waals surface area contributed by atoms with Crippen molar-refractivity contribution >= 4 is 0 Å². The lowest BCUT2D eigenvalue weighted by atomic mass is 10.1. The zero-order chi connectivity index (χ0) is 16.1. The Hall–Kier alpha value is -1.98. The Balaban J connectivity index is 1.70. The molecular weight excluding hydrogens is 293 g/mol. The molecule has 0 amide bonds. The quantitative estimate of drug-likeness (QED) is 0.606. The summed E-state index contributed by atoms with van der Waals surface area (Å²) in [6.07, 6.45) is 3.62. The SMILES string of the molecule is C=CCOC[C@@H]1CN(Cc2ccc(F)cc2)Cc2ccnn2C1. The van der Waals surface area contributed by atoms with Crippen molar-refractivity contribution in [3.63, 3.8) is 0 Å². The summed E-state index contributed by atoms with van der Waals surface area (Å²) in [5.41, 5.74) is 2.32. The number of fused-ring (bicyclic) bond motifs is 1. The molecule has 4 nitrogen and oxygen atoms in total. The molecule has 0 unspecified atom stereocenters. The number of rotatable bonds is 6. The van der Waals surface area contributed by atoms with Gasteiger partial charge in [0.15, 0.2) is 0 Å². The smallest absolute Gasteiger partial charge is 0.123 e. The Bertz CT molecular complexity index is 638. The van der Waals surface area contributed by atoms with Crippen molar-refractivity contribution in [1.29, 1.82) is 0 Å². The summed E-state index contributed by atoms with van der Waals surface area (Å²) < 4.78 is 20.8. The third-order valence-corrected chi connectivity index (χ3v) is 4.05. The topological polar surface area (TPSA) is 30.3 Å². The van der Waals surface area contributed by atoms with Gasteiger partial charge >= 0.3 is 0 Å². The van der Waals surface area contributed by atoms with E-state index in [0.717, 1.165) is 31.7 Å². The van der Waals surface area contributed by atoms with Crippen molar-refractivity contribution in [2.24, 2.45) is 5.92 Å². The van der Waals surface area contributed by atoms with E-state index >= 15 is 0 Å². The van der Waals surface area contributed by atoms with E-state index in [4.69, 9.17) is 4.74 Å². The Morgan fingerprint density at radius 1 is 1.26 bits per heavy atom. The van der Waals surface area contributed by atoms with Gasteiger partial charge in [-0.05, 0) is 23.8 Å². The summed E-state index contributed by atoms with van der Waals surface area (Å²) in [6.45, 7) is 8.37. The lowest BCUT2D eigenvalue weighted by molar-refractivity contribution is 0.0932. The van der Waals surface area contributed by atoms with Gasteiger partial charge in [0.2, 0.25) is 0 Å². The summed E-state index contributed by atoms with van der Waals surface area (Å²) in [6, 6.07) is 8.79. The van der Waals surface area contributed by atoms with E-state index in [2.05, 4.69) is 27.3 Å². The molecule has 1 aliphatic rings. The molecule has 0 aliphatic carbocycles. The minimum Gasteiger partial charge on any atom is -0.377 e. The average molecular weight is 315 g/mol. The number of benzene rings is 1. The van der Waals surface area contributed by atoms with Crippen LogP contribution < -0.4 is 0 Å². The molecule has 1 aromatic carbocycles. The van der Waals surface area contributed by atoms with E-state index in [9.17, 15) is 4.39 Å². The molecule has 0 saturated heterocycles. The number of halogens is 1. The zero-order valence-corrected chi connectivity index (χ0v) is 13.2. The van der Waals surface area contributed by atoms with Gasteiger partial charge in [-0.25, -0.2) is 4.39 Å². The van der Waals surface area contributed by atoms with Crippen LogP contribution in [-0.4, -0.2) is 34.4 Å². The molecule has 23 heavy (non-hydrogen) atoms. The largest absolute Gasteiger partial charge is 0.377 e. The van der Waals surface area contributed by atoms with Crippen LogP contribution in [0.15, 0.2) is 49.2 Å². The van der Waals surface area contributed by atoms with Crippen molar-refractivity contribution in [3.8, 4) is 0 Å². The van der Waals surface area contributed by atoms with Gasteiger partial charge in [-0.3, -0.25) is 9.58 Å². The lowest BCUT2D eigenvalue weighted by Gasteiger charge is -2.23. The fraction of sp³-hybridized carbons (Fsp3) is 0.389. The number of hydrogen-bond acceptors (Lipinski definition) is 3. The second kappa shape index (κ2) is 7.53. The Morgan fingerprint density at radius 2 is 2.09 bits per heavy atom. The number of aromatic nitrogens is 2. The Kier molecular flexibility index (Phi) is 5.20. The van der Waals surface area contributed by atoms with Crippen molar-refractivity contribution in [2.75, 3.05) is 19.8 Å². The van der Waals surface area contributed by atoms with Gasteiger partial charge in [0.1, 0.15) is 5.82 Å². The zero-order valence-electron chi connectivity index (χ0n) is 13.2. The van der Waals surface area contributed by atoms with Gasteiger partial charge in [-0.2, -0.15) is 5.10 Å². The molecule has 1 aliphatic heterocycles. The maximum atomic E-state index is 13.1. The standard InChI is InChI=1S/C18H22FN3O/c1-2-9-23-14-16-11-21(10-15-3-5-17(19)6-4-15)13-18-7-8-20-22(18)12-16/h2-8,16H,1,9-14H2/t16-/m1/s1. The van der Waals surface area contributed by atoms with Crippen LogP contribution in [0, 0.1) is 11.7 Å². The Labute approximate surface area is 136 Å². The third kappa shape index (κ3) is 4.27. The highest BCUT2D eigenvalue weighted by Crippen LogP contribution is 2.18. The number of nitrogens with zero attached hydrogens (tertiary/aromatic N) is 3. The average Bonchev–Trinajstić information content (AvgIpc) is 2.90. The first kappa shape index (κ1) is 15.9. The molecular formula is C18H22FN3O. The summed E-state index contributed by atoms with van der Waals surface area (Å²) in [5, 5.41) is 4.41. The van der Waals surface area contributed by atoms with E-state index in [1.54, 1.807) is 6.08 Å². The molecule has 0 spiro atoms.